The van der Waals surface area contributed by atoms with E-state index in [1.54, 1.807) is 42.5 Å². The van der Waals surface area contributed by atoms with Crippen LogP contribution in [0.15, 0.2) is 48.0 Å². The average Bonchev–Trinajstić information content (AvgIpc) is 3.14. The molecule has 0 aliphatic carbocycles. The van der Waals surface area contributed by atoms with E-state index >= 15 is 0 Å². The third kappa shape index (κ3) is 6.29. The van der Waals surface area contributed by atoms with Gasteiger partial charge >= 0.3 is 0 Å². The van der Waals surface area contributed by atoms with Gasteiger partial charge in [-0.1, -0.05) is 26.0 Å². The van der Waals surface area contributed by atoms with Gasteiger partial charge in [0.1, 0.15) is 17.3 Å². The zero-order valence-electron chi connectivity index (χ0n) is 21.8. The summed E-state index contributed by atoms with van der Waals surface area (Å²) in [6.07, 6.45) is 0. The van der Waals surface area contributed by atoms with Gasteiger partial charge in [0.2, 0.25) is 0 Å². The molecule has 3 rings (SSSR count). The van der Waals surface area contributed by atoms with Gasteiger partial charge in [-0.3, -0.25) is 14.4 Å². The molecule has 0 aromatic heterocycles. The van der Waals surface area contributed by atoms with Crippen LogP contribution in [-0.4, -0.2) is 71.9 Å². The number of likely N-dealkylation sites (tertiary alicyclic amines) is 1. The van der Waals surface area contributed by atoms with Crippen molar-refractivity contribution in [2.45, 2.75) is 33.7 Å². The number of amides is 2. The van der Waals surface area contributed by atoms with Crippen molar-refractivity contribution in [1.82, 2.24) is 9.80 Å². The third-order valence-corrected chi connectivity index (χ3v) is 6.42. The summed E-state index contributed by atoms with van der Waals surface area (Å²) in [5, 5.41) is 11.3. The first kappa shape index (κ1) is 27.7. The van der Waals surface area contributed by atoms with Crippen LogP contribution in [0.3, 0.4) is 0 Å². The summed E-state index contributed by atoms with van der Waals surface area (Å²) in [4.78, 5) is 41.2. The molecular weight excluding hydrogens is 474 g/mol. The zero-order chi connectivity index (χ0) is 27.1. The number of aryl methyl sites for hydroxylation is 1. The number of rotatable bonds is 12. The van der Waals surface area contributed by atoms with E-state index in [4.69, 9.17) is 15.2 Å². The summed E-state index contributed by atoms with van der Waals surface area (Å²) in [5.41, 5.74) is 7.04. The summed E-state index contributed by atoms with van der Waals surface area (Å²) in [6, 6.07) is 11.1. The van der Waals surface area contributed by atoms with Gasteiger partial charge in [-0.05, 0) is 68.4 Å². The molecule has 0 spiro atoms. The van der Waals surface area contributed by atoms with Crippen LogP contribution < -0.4 is 15.2 Å². The number of aliphatic hydroxyl groups is 1. The van der Waals surface area contributed by atoms with E-state index in [1.807, 2.05) is 27.7 Å². The molecule has 1 aliphatic rings. The number of nitrogens with zero attached hydrogens (tertiary/aromatic N) is 2. The smallest absolute Gasteiger partial charge is 0.295 e. The van der Waals surface area contributed by atoms with Crippen LogP contribution >= 0.6 is 0 Å². The Morgan fingerprint density at radius 1 is 1.05 bits per heavy atom. The number of ether oxygens (including phenoxy) is 2. The topological polar surface area (TPSA) is 122 Å². The fourth-order valence-electron chi connectivity index (χ4n) is 4.42. The maximum Gasteiger partial charge on any atom is 0.295 e. The fourth-order valence-corrected chi connectivity index (χ4v) is 4.42. The number of carbonyl (C=O) groups is 3. The molecule has 3 N–H and O–H groups in total. The summed E-state index contributed by atoms with van der Waals surface area (Å²) in [7, 11) is 0. The Balaban J connectivity index is 2.06. The second-order valence-electron chi connectivity index (χ2n) is 8.76. The first-order valence-electron chi connectivity index (χ1n) is 12.5. The molecule has 2 aromatic carbocycles. The van der Waals surface area contributed by atoms with E-state index in [2.05, 4.69) is 4.90 Å². The quantitative estimate of drug-likeness (QED) is 0.256. The second kappa shape index (κ2) is 12.4. The van der Waals surface area contributed by atoms with Crippen LogP contribution in [0.4, 0.5) is 0 Å². The van der Waals surface area contributed by atoms with Crippen LogP contribution in [0.25, 0.3) is 5.76 Å². The minimum absolute atomic E-state index is 0.0268. The summed E-state index contributed by atoms with van der Waals surface area (Å²) in [5.74, 6) is -1.13. The number of benzene rings is 2. The molecule has 2 amide bonds. The van der Waals surface area contributed by atoms with Crippen molar-refractivity contribution >= 4 is 23.4 Å². The Bertz CT molecular complexity index is 1170. The van der Waals surface area contributed by atoms with Gasteiger partial charge in [-0.2, -0.15) is 0 Å². The Morgan fingerprint density at radius 3 is 2.30 bits per heavy atom. The highest BCUT2D eigenvalue weighted by Gasteiger charge is 2.46. The molecule has 1 saturated heterocycles. The lowest BCUT2D eigenvalue weighted by Gasteiger charge is -2.28. The van der Waals surface area contributed by atoms with Crippen molar-refractivity contribution in [3.63, 3.8) is 0 Å². The molecule has 1 atom stereocenters. The van der Waals surface area contributed by atoms with Gasteiger partial charge in [0.25, 0.3) is 17.6 Å². The monoisotopic (exact) mass is 509 g/mol. The lowest BCUT2D eigenvalue weighted by atomic mass is 9.94. The van der Waals surface area contributed by atoms with Crippen molar-refractivity contribution in [3.05, 3.63) is 64.7 Å². The highest BCUT2D eigenvalue weighted by Crippen LogP contribution is 2.40. The molecule has 1 aliphatic heterocycles. The minimum atomic E-state index is -0.785. The highest BCUT2D eigenvalue weighted by atomic mass is 16.5. The van der Waals surface area contributed by atoms with Crippen LogP contribution in [0.1, 0.15) is 43.5 Å². The van der Waals surface area contributed by atoms with Crippen LogP contribution in [0.2, 0.25) is 0 Å². The van der Waals surface area contributed by atoms with Gasteiger partial charge in [0, 0.05) is 18.7 Å². The minimum Gasteiger partial charge on any atom is -0.507 e. The van der Waals surface area contributed by atoms with Crippen molar-refractivity contribution in [3.8, 4) is 11.5 Å². The maximum absolute atomic E-state index is 13.3. The van der Waals surface area contributed by atoms with E-state index < -0.39 is 23.6 Å². The van der Waals surface area contributed by atoms with Crippen molar-refractivity contribution in [2.24, 2.45) is 5.73 Å². The number of likely N-dealkylation sites (N-methyl/N-ethyl adjacent to an activating group) is 1. The first-order chi connectivity index (χ1) is 17.7. The van der Waals surface area contributed by atoms with Gasteiger partial charge in [-0.15, -0.1) is 0 Å². The van der Waals surface area contributed by atoms with Gasteiger partial charge in [-0.25, -0.2) is 0 Å². The molecule has 1 fully saturated rings. The second-order valence-corrected chi connectivity index (χ2v) is 8.76. The summed E-state index contributed by atoms with van der Waals surface area (Å²) < 4.78 is 10.9. The number of hydrogen-bond acceptors (Lipinski definition) is 7. The number of ketones is 1. The number of Topliss-reactive ketones (excluding diaryl/α,β-unsaturated/α-hetero) is 1. The molecule has 0 saturated carbocycles. The molecule has 0 bridgehead atoms. The number of hydrogen-bond donors (Lipinski definition) is 2. The fraction of sp³-hybridized carbons (Fsp3) is 0.393. The molecule has 37 heavy (non-hydrogen) atoms. The third-order valence-electron chi connectivity index (χ3n) is 6.42. The van der Waals surface area contributed by atoms with Crippen LogP contribution in [0, 0.1) is 6.92 Å². The molecule has 1 unspecified atom stereocenters. The van der Waals surface area contributed by atoms with Crippen molar-refractivity contribution in [2.75, 3.05) is 39.4 Å². The number of primary amides is 1. The number of carbonyl (C=O) groups excluding carboxylic acids is 3. The normalized spacial score (nSPS) is 16.9. The molecule has 1 heterocycles. The largest absolute Gasteiger partial charge is 0.507 e. The predicted octanol–water partition coefficient (Wildman–Crippen LogP) is 3.02. The molecule has 198 valence electrons. The average molecular weight is 510 g/mol. The van der Waals surface area contributed by atoms with E-state index in [9.17, 15) is 19.5 Å². The van der Waals surface area contributed by atoms with Crippen LogP contribution in [0.5, 0.6) is 11.5 Å². The summed E-state index contributed by atoms with van der Waals surface area (Å²) in [6.45, 7) is 10.6. The maximum atomic E-state index is 13.3. The predicted molar refractivity (Wildman–Crippen MR) is 140 cm³/mol. The summed E-state index contributed by atoms with van der Waals surface area (Å²) >= 11 is 0. The lowest BCUT2D eigenvalue weighted by molar-refractivity contribution is -0.140. The van der Waals surface area contributed by atoms with Gasteiger partial charge in [0.05, 0.1) is 18.2 Å². The molecular formula is C28H35N3O6. The van der Waals surface area contributed by atoms with E-state index in [0.29, 0.717) is 42.3 Å². The molecule has 0 radical (unpaired) electrons. The SMILES string of the molecule is CCOc1ccc(/C(O)=C2\C(=O)C(=O)N(CCN(CC)CC)C2c2ccc(OCC(N)=O)cc2)cc1C. The lowest BCUT2D eigenvalue weighted by Crippen LogP contribution is -2.38. The highest BCUT2D eigenvalue weighted by molar-refractivity contribution is 6.46. The van der Waals surface area contributed by atoms with Crippen LogP contribution in [-0.2, 0) is 14.4 Å². The number of nitrogens with two attached hydrogens (primary N) is 1. The molecule has 9 heteroatoms. The Labute approximate surface area is 217 Å². The van der Waals surface area contributed by atoms with Crippen molar-refractivity contribution < 1.29 is 29.0 Å². The Hall–Kier alpha value is -3.85. The zero-order valence-corrected chi connectivity index (χ0v) is 21.8. The van der Waals surface area contributed by atoms with E-state index in [0.717, 1.165) is 18.7 Å². The first-order valence-corrected chi connectivity index (χ1v) is 12.5. The van der Waals surface area contributed by atoms with E-state index in [-0.39, 0.29) is 17.9 Å². The Morgan fingerprint density at radius 2 is 1.73 bits per heavy atom. The van der Waals surface area contributed by atoms with Gasteiger partial charge < -0.3 is 30.1 Å². The Kier molecular flexibility index (Phi) is 9.30. The van der Waals surface area contributed by atoms with E-state index in [1.165, 1.54) is 4.90 Å². The standard InChI is InChI=1S/C28H35N3O6/c1-5-30(6-2)14-15-31-25(19-8-11-21(12-9-19)37-17-23(29)32)24(27(34)28(31)35)26(33)20-10-13-22(36-7-3)18(4)16-20/h8-13,16,25,33H,5-7,14-15,17H2,1-4H3,(H2,29,32)/b26-24+. The number of aliphatic hydroxyl groups excluding tert-OH is 1. The molecule has 9 nitrogen and oxygen atoms in total. The van der Waals surface area contributed by atoms with Gasteiger partial charge in [0.15, 0.2) is 6.61 Å². The van der Waals surface area contributed by atoms with Crippen molar-refractivity contribution in [1.29, 1.82) is 0 Å². The molecule has 2 aromatic rings.